The zero-order valence-electron chi connectivity index (χ0n) is 22.6. The van der Waals surface area contributed by atoms with Crippen LogP contribution in [0.5, 0.6) is 0 Å². The van der Waals surface area contributed by atoms with E-state index in [1.165, 1.54) is 35.9 Å². The van der Waals surface area contributed by atoms with Crippen LogP contribution in [0.4, 0.5) is 5.13 Å². The van der Waals surface area contributed by atoms with Gasteiger partial charge in [-0.05, 0) is 60.9 Å². The first-order chi connectivity index (χ1) is 20.1. The molecule has 0 radical (unpaired) electrons. The van der Waals surface area contributed by atoms with Gasteiger partial charge >= 0.3 is 11.9 Å². The summed E-state index contributed by atoms with van der Waals surface area (Å²) in [6.45, 7) is 3.68. The van der Waals surface area contributed by atoms with Crippen molar-refractivity contribution in [2.75, 3.05) is 12.0 Å². The summed E-state index contributed by atoms with van der Waals surface area (Å²) in [5.74, 6) is -2.05. The lowest BCUT2D eigenvalue weighted by atomic mass is 9.93. The Balaban J connectivity index is 1.57. The summed E-state index contributed by atoms with van der Waals surface area (Å²) in [6.07, 6.45) is 0. The molecule has 12 heteroatoms. The molecule has 8 nitrogen and oxygen atoms in total. The Morgan fingerprint density at radius 2 is 1.79 bits per heavy atom. The van der Waals surface area contributed by atoms with Crippen LogP contribution < -0.4 is 4.90 Å². The maximum absolute atomic E-state index is 13.5. The highest BCUT2D eigenvalue weighted by molar-refractivity contribution is 8.00. The fourth-order valence-corrected chi connectivity index (χ4v) is 6.96. The molecule has 0 bridgehead atoms. The van der Waals surface area contributed by atoms with E-state index in [2.05, 4.69) is 10.2 Å². The molecule has 5 rings (SSSR count). The summed E-state index contributed by atoms with van der Waals surface area (Å²) < 4.78 is 5.35. The molecule has 4 aromatic rings. The van der Waals surface area contributed by atoms with Gasteiger partial charge in [0.15, 0.2) is 4.34 Å². The summed E-state index contributed by atoms with van der Waals surface area (Å²) in [7, 11) is 1.28. The maximum atomic E-state index is 13.5. The second-order valence-electron chi connectivity index (χ2n) is 9.48. The number of hydrogen-bond acceptors (Lipinski definition) is 9. The lowest BCUT2D eigenvalue weighted by Crippen LogP contribution is -2.29. The molecule has 2 heterocycles. The number of amides is 1. The number of methoxy groups -OCH3 is 1. The predicted octanol–water partition coefficient (Wildman–Crippen LogP) is 7.17. The number of benzene rings is 3. The number of esters is 1. The number of ether oxygens (including phenoxy) is 1. The van der Waals surface area contributed by atoms with Gasteiger partial charge < -0.3 is 9.84 Å². The van der Waals surface area contributed by atoms with Gasteiger partial charge in [-0.15, -0.1) is 10.2 Å². The lowest BCUT2D eigenvalue weighted by Gasteiger charge is -2.23. The molecule has 1 atom stereocenters. The van der Waals surface area contributed by atoms with Crippen LogP contribution in [0, 0.1) is 13.8 Å². The van der Waals surface area contributed by atoms with Gasteiger partial charge in [-0.25, -0.2) is 4.79 Å². The second kappa shape index (κ2) is 12.3. The Morgan fingerprint density at radius 1 is 1.05 bits per heavy atom. The largest absolute Gasteiger partial charge is 0.507 e. The first kappa shape index (κ1) is 29.8. The van der Waals surface area contributed by atoms with Gasteiger partial charge in [0.1, 0.15) is 5.76 Å². The minimum atomic E-state index is -1.02. The smallest absolute Gasteiger partial charge is 0.337 e. The van der Waals surface area contributed by atoms with Crippen molar-refractivity contribution in [3.63, 3.8) is 0 Å². The molecule has 0 aliphatic carbocycles. The molecule has 3 aromatic carbocycles. The number of aromatic nitrogens is 2. The molecule has 42 heavy (non-hydrogen) atoms. The average molecular weight is 641 g/mol. The molecule has 1 aliphatic heterocycles. The number of carbonyl (C=O) groups excluding carboxylic acids is 3. The molecule has 1 fully saturated rings. The normalized spacial score (nSPS) is 16.2. The summed E-state index contributed by atoms with van der Waals surface area (Å²) >= 11 is 14.8. The predicted molar refractivity (Wildman–Crippen MR) is 164 cm³/mol. The molecule has 0 saturated carbocycles. The van der Waals surface area contributed by atoms with E-state index in [4.69, 9.17) is 27.9 Å². The molecule has 1 saturated heterocycles. The van der Waals surface area contributed by atoms with E-state index in [-0.39, 0.29) is 16.5 Å². The van der Waals surface area contributed by atoms with Gasteiger partial charge in [-0.2, -0.15) is 0 Å². The van der Waals surface area contributed by atoms with Crippen LogP contribution in [0.3, 0.4) is 0 Å². The SMILES string of the molecule is COC(=O)c1ccc(C2C(=C(O)c3cc(C)ccc3C)C(=O)C(=O)N2c2nnc(SCc3ccc(Cl)cc3Cl)s2)cc1. The van der Waals surface area contributed by atoms with Crippen molar-refractivity contribution in [3.05, 3.63) is 110 Å². The van der Waals surface area contributed by atoms with E-state index in [1.54, 1.807) is 30.3 Å². The molecule has 214 valence electrons. The van der Waals surface area contributed by atoms with Crippen LogP contribution >= 0.6 is 46.3 Å². The van der Waals surface area contributed by atoms with Gasteiger partial charge in [-0.1, -0.05) is 82.2 Å². The number of rotatable bonds is 7. The molecule has 1 aliphatic rings. The highest BCUT2D eigenvalue weighted by Crippen LogP contribution is 2.44. The fraction of sp³-hybridized carbons (Fsp3) is 0.167. The van der Waals surface area contributed by atoms with E-state index in [0.717, 1.165) is 28.0 Å². The molecule has 0 spiro atoms. The number of anilines is 1. The fourth-order valence-electron chi connectivity index (χ4n) is 4.54. The number of aliphatic hydroxyl groups is 1. The van der Waals surface area contributed by atoms with Crippen molar-refractivity contribution in [3.8, 4) is 0 Å². The molecule has 1 unspecified atom stereocenters. The minimum absolute atomic E-state index is 0.0862. The van der Waals surface area contributed by atoms with Gasteiger partial charge in [0, 0.05) is 21.4 Å². The summed E-state index contributed by atoms with van der Waals surface area (Å²) in [5, 5.41) is 21.2. The monoisotopic (exact) mass is 639 g/mol. The van der Waals surface area contributed by atoms with Crippen LogP contribution in [0.25, 0.3) is 5.76 Å². The third kappa shape index (κ3) is 5.80. The van der Waals surface area contributed by atoms with Gasteiger partial charge in [0.05, 0.1) is 24.3 Å². The van der Waals surface area contributed by atoms with Crippen molar-refractivity contribution >= 4 is 74.9 Å². The Kier molecular flexibility index (Phi) is 8.70. The average Bonchev–Trinajstić information content (AvgIpc) is 3.55. The number of ketones is 1. The van der Waals surface area contributed by atoms with E-state index in [9.17, 15) is 19.5 Å². The van der Waals surface area contributed by atoms with Crippen LogP contribution in [-0.4, -0.2) is 40.1 Å². The van der Waals surface area contributed by atoms with E-state index >= 15 is 0 Å². The van der Waals surface area contributed by atoms with Crippen molar-refractivity contribution in [2.45, 2.75) is 30.0 Å². The number of Topliss-reactive ketones (excluding diaryl/α,β-unsaturated/α-hetero) is 1. The second-order valence-corrected chi connectivity index (χ2v) is 12.5. The van der Waals surface area contributed by atoms with Crippen molar-refractivity contribution in [2.24, 2.45) is 0 Å². The number of aliphatic hydroxyl groups excluding tert-OH is 1. The molecule has 1 amide bonds. The third-order valence-electron chi connectivity index (χ3n) is 6.71. The van der Waals surface area contributed by atoms with Crippen LogP contribution in [0.2, 0.25) is 10.0 Å². The molecular weight excluding hydrogens is 617 g/mol. The number of aryl methyl sites for hydroxylation is 2. The van der Waals surface area contributed by atoms with Gasteiger partial charge in [0.2, 0.25) is 5.13 Å². The van der Waals surface area contributed by atoms with Crippen molar-refractivity contribution in [1.29, 1.82) is 0 Å². The van der Waals surface area contributed by atoms with E-state index in [0.29, 0.717) is 36.8 Å². The lowest BCUT2D eigenvalue weighted by molar-refractivity contribution is -0.132. The van der Waals surface area contributed by atoms with Gasteiger partial charge in [0.25, 0.3) is 5.78 Å². The topological polar surface area (TPSA) is 110 Å². The molecule has 1 aromatic heterocycles. The first-order valence-corrected chi connectivity index (χ1v) is 15.1. The number of carbonyl (C=O) groups is 3. The summed E-state index contributed by atoms with van der Waals surface area (Å²) in [5.41, 5.74) is 3.60. The molecular formula is C30H23Cl2N3O5S2. The third-order valence-corrected chi connectivity index (χ3v) is 9.40. The maximum Gasteiger partial charge on any atom is 0.337 e. The van der Waals surface area contributed by atoms with Gasteiger partial charge in [-0.3, -0.25) is 14.5 Å². The number of hydrogen-bond donors (Lipinski definition) is 1. The molecule has 1 N–H and O–H groups in total. The Labute approximate surface area is 259 Å². The summed E-state index contributed by atoms with van der Waals surface area (Å²) in [4.78, 5) is 40.3. The minimum Gasteiger partial charge on any atom is -0.507 e. The summed E-state index contributed by atoms with van der Waals surface area (Å²) in [6, 6.07) is 16.0. The van der Waals surface area contributed by atoms with Crippen molar-refractivity contribution < 1.29 is 24.2 Å². The van der Waals surface area contributed by atoms with Crippen LogP contribution in [0.1, 0.15) is 44.2 Å². The first-order valence-electron chi connectivity index (χ1n) is 12.6. The Bertz CT molecular complexity index is 1750. The zero-order valence-corrected chi connectivity index (χ0v) is 25.7. The number of nitrogens with zero attached hydrogens (tertiary/aromatic N) is 3. The number of thioether (sulfide) groups is 1. The van der Waals surface area contributed by atoms with Crippen molar-refractivity contribution in [1.82, 2.24) is 10.2 Å². The van der Waals surface area contributed by atoms with E-state index in [1.807, 2.05) is 32.0 Å². The Morgan fingerprint density at radius 3 is 2.48 bits per heavy atom. The highest BCUT2D eigenvalue weighted by Gasteiger charge is 2.48. The highest BCUT2D eigenvalue weighted by atomic mass is 35.5. The van der Waals surface area contributed by atoms with E-state index < -0.39 is 23.7 Å². The van der Waals surface area contributed by atoms with Crippen LogP contribution in [0.15, 0.2) is 70.6 Å². The standard InChI is InChI=1S/C30H23Cl2N3O5S2/c1-15-4-5-16(2)21(12-15)25(36)23-24(17-6-8-18(9-7-17)28(39)40-3)35(27(38)26(23)37)29-33-34-30(42-29)41-14-19-10-11-20(31)13-22(19)32/h4-13,24,36H,14H2,1-3H3. The quantitative estimate of drug-likeness (QED) is 0.0566. The number of halogens is 2. The Hall–Kier alpha value is -3.70. The zero-order chi connectivity index (χ0) is 30.1. The van der Waals surface area contributed by atoms with Crippen LogP contribution in [-0.2, 0) is 20.1 Å².